The first kappa shape index (κ1) is 15.8. The Bertz CT molecular complexity index is 576. The molecule has 22 heavy (non-hydrogen) atoms. The zero-order valence-corrected chi connectivity index (χ0v) is 13.8. The van der Waals surface area contributed by atoms with Crippen molar-refractivity contribution < 1.29 is 4.79 Å². The van der Waals surface area contributed by atoms with Crippen molar-refractivity contribution >= 4 is 18.3 Å². The average Bonchev–Trinajstić information content (AvgIpc) is 3.03. The van der Waals surface area contributed by atoms with Crippen molar-refractivity contribution in [1.29, 1.82) is 0 Å². The molecule has 120 valence electrons. The van der Waals surface area contributed by atoms with Crippen LogP contribution in [0.4, 0.5) is 0 Å². The number of carbonyl (C=O) groups is 1. The highest BCUT2D eigenvalue weighted by atomic mass is 35.5. The molecule has 1 aromatic rings. The summed E-state index contributed by atoms with van der Waals surface area (Å²) in [5, 5.41) is 0. The van der Waals surface area contributed by atoms with Crippen LogP contribution in [-0.4, -0.2) is 29.9 Å². The standard InChI is InChI=1S/C18H24N2O.ClH/c19-12-14-7-4-10-20(14)17(21)16-11-18(16)9-3-6-13-5-1-2-8-15(13)18;/h1-2,5,8,14,16H,3-4,6-7,9-12,19H2;1H. The topological polar surface area (TPSA) is 46.3 Å². The number of fused-ring (bicyclic) bond motifs is 2. The van der Waals surface area contributed by atoms with Crippen LogP contribution in [0.2, 0.25) is 0 Å². The molecular formula is C18H25ClN2O. The van der Waals surface area contributed by atoms with Gasteiger partial charge in [0, 0.05) is 30.5 Å². The lowest BCUT2D eigenvalue weighted by Crippen LogP contribution is -2.42. The molecule has 2 aliphatic carbocycles. The van der Waals surface area contributed by atoms with Gasteiger partial charge in [-0.3, -0.25) is 4.79 Å². The molecule has 0 aromatic heterocycles. The first-order chi connectivity index (χ1) is 10.3. The van der Waals surface area contributed by atoms with E-state index in [9.17, 15) is 4.79 Å². The van der Waals surface area contributed by atoms with Crippen LogP contribution in [0, 0.1) is 5.92 Å². The monoisotopic (exact) mass is 320 g/mol. The van der Waals surface area contributed by atoms with Gasteiger partial charge in [0.1, 0.15) is 0 Å². The molecule has 3 unspecified atom stereocenters. The van der Waals surface area contributed by atoms with E-state index in [0.717, 1.165) is 25.8 Å². The van der Waals surface area contributed by atoms with Crippen molar-refractivity contribution in [3.63, 3.8) is 0 Å². The molecule has 1 heterocycles. The van der Waals surface area contributed by atoms with Crippen LogP contribution in [0.3, 0.4) is 0 Å². The van der Waals surface area contributed by atoms with Crippen LogP contribution < -0.4 is 5.73 Å². The maximum Gasteiger partial charge on any atom is 0.226 e. The summed E-state index contributed by atoms with van der Waals surface area (Å²) in [4.78, 5) is 15.0. The maximum absolute atomic E-state index is 12.9. The molecule has 3 aliphatic rings. The SMILES string of the molecule is Cl.NCC1CCCN1C(=O)C1CC12CCCc1ccccc12. The van der Waals surface area contributed by atoms with E-state index < -0.39 is 0 Å². The van der Waals surface area contributed by atoms with Crippen LogP contribution in [0.25, 0.3) is 0 Å². The summed E-state index contributed by atoms with van der Waals surface area (Å²) in [6, 6.07) is 9.04. The van der Waals surface area contributed by atoms with Crippen molar-refractivity contribution in [3.8, 4) is 0 Å². The Labute approximate surface area is 138 Å². The van der Waals surface area contributed by atoms with E-state index in [-0.39, 0.29) is 29.8 Å². The lowest BCUT2D eigenvalue weighted by atomic mass is 9.78. The Morgan fingerprint density at radius 1 is 1.32 bits per heavy atom. The summed E-state index contributed by atoms with van der Waals surface area (Å²) in [7, 11) is 0. The number of rotatable bonds is 2. The average molecular weight is 321 g/mol. The molecule has 1 saturated heterocycles. The Balaban J connectivity index is 0.00000144. The van der Waals surface area contributed by atoms with E-state index >= 15 is 0 Å². The first-order valence-corrected chi connectivity index (χ1v) is 8.35. The maximum atomic E-state index is 12.9. The normalized spacial score (nSPS) is 32.5. The molecule has 4 heteroatoms. The van der Waals surface area contributed by atoms with Crippen molar-refractivity contribution in [1.82, 2.24) is 4.90 Å². The lowest BCUT2D eigenvalue weighted by molar-refractivity contribution is -0.133. The summed E-state index contributed by atoms with van der Waals surface area (Å²) in [6.45, 7) is 1.52. The molecule has 2 N–H and O–H groups in total. The molecular weight excluding hydrogens is 296 g/mol. The number of hydrogen-bond acceptors (Lipinski definition) is 2. The van der Waals surface area contributed by atoms with Crippen LogP contribution in [0.1, 0.15) is 43.2 Å². The van der Waals surface area contributed by atoms with Crippen molar-refractivity contribution in [2.45, 2.75) is 50.0 Å². The van der Waals surface area contributed by atoms with Crippen molar-refractivity contribution in [3.05, 3.63) is 35.4 Å². The first-order valence-electron chi connectivity index (χ1n) is 8.35. The number of likely N-dealkylation sites (tertiary alicyclic amines) is 1. The second-order valence-corrected chi connectivity index (χ2v) is 6.99. The molecule has 1 spiro atoms. The molecule has 1 aliphatic heterocycles. The van der Waals surface area contributed by atoms with Crippen molar-refractivity contribution in [2.75, 3.05) is 13.1 Å². The van der Waals surface area contributed by atoms with Gasteiger partial charge in [0.2, 0.25) is 5.91 Å². The number of nitrogens with two attached hydrogens (primary N) is 1. The van der Waals surface area contributed by atoms with Gasteiger partial charge in [-0.1, -0.05) is 24.3 Å². The molecule has 1 aromatic carbocycles. The van der Waals surface area contributed by atoms with Crippen LogP contribution in [-0.2, 0) is 16.6 Å². The van der Waals surface area contributed by atoms with E-state index in [4.69, 9.17) is 5.73 Å². The smallest absolute Gasteiger partial charge is 0.226 e. The quantitative estimate of drug-likeness (QED) is 0.910. The molecule has 0 bridgehead atoms. The third-order valence-corrected chi connectivity index (χ3v) is 5.93. The third-order valence-electron chi connectivity index (χ3n) is 5.93. The van der Waals surface area contributed by atoms with Crippen LogP contribution in [0.5, 0.6) is 0 Å². The second kappa shape index (κ2) is 5.86. The highest BCUT2D eigenvalue weighted by Crippen LogP contribution is 2.61. The summed E-state index contributed by atoms with van der Waals surface area (Å²) < 4.78 is 0. The van der Waals surface area contributed by atoms with E-state index in [1.165, 1.54) is 30.4 Å². The molecule has 4 rings (SSSR count). The fourth-order valence-electron chi connectivity index (χ4n) is 4.73. The number of amides is 1. The minimum absolute atomic E-state index is 0. The minimum Gasteiger partial charge on any atom is -0.338 e. The van der Waals surface area contributed by atoms with Gasteiger partial charge in [-0.05, 0) is 49.7 Å². The summed E-state index contributed by atoms with van der Waals surface area (Å²) in [6.07, 6.45) is 6.83. The predicted molar refractivity (Wildman–Crippen MR) is 90.2 cm³/mol. The van der Waals surface area contributed by atoms with E-state index in [0.29, 0.717) is 12.5 Å². The van der Waals surface area contributed by atoms with Gasteiger partial charge in [0.25, 0.3) is 0 Å². The summed E-state index contributed by atoms with van der Waals surface area (Å²) in [5.41, 5.74) is 8.92. The van der Waals surface area contributed by atoms with E-state index in [1.807, 2.05) is 0 Å². The Kier molecular flexibility index (Phi) is 4.21. The number of halogens is 1. The largest absolute Gasteiger partial charge is 0.338 e. The van der Waals surface area contributed by atoms with Gasteiger partial charge in [-0.2, -0.15) is 0 Å². The van der Waals surface area contributed by atoms with Crippen LogP contribution in [0.15, 0.2) is 24.3 Å². The van der Waals surface area contributed by atoms with Gasteiger partial charge in [-0.15, -0.1) is 12.4 Å². The van der Waals surface area contributed by atoms with E-state index in [2.05, 4.69) is 29.2 Å². The van der Waals surface area contributed by atoms with E-state index in [1.54, 1.807) is 0 Å². The Morgan fingerprint density at radius 3 is 2.95 bits per heavy atom. The predicted octanol–water partition coefficient (Wildman–Crippen LogP) is 2.65. The number of benzene rings is 1. The zero-order valence-electron chi connectivity index (χ0n) is 13.0. The highest BCUT2D eigenvalue weighted by Gasteiger charge is 2.61. The number of aryl methyl sites for hydroxylation is 1. The summed E-state index contributed by atoms with van der Waals surface area (Å²) >= 11 is 0. The zero-order chi connectivity index (χ0) is 14.4. The molecule has 0 radical (unpaired) electrons. The fraction of sp³-hybridized carbons (Fsp3) is 0.611. The Hall–Kier alpha value is -1.06. The van der Waals surface area contributed by atoms with Gasteiger partial charge in [0.15, 0.2) is 0 Å². The molecule has 1 saturated carbocycles. The number of carbonyl (C=O) groups excluding carboxylic acids is 1. The second-order valence-electron chi connectivity index (χ2n) is 6.99. The lowest BCUT2D eigenvalue weighted by Gasteiger charge is -2.29. The molecule has 3 atom stereocenters. The van der Waals surface area contributed by atoms with Crippen LogP contribution >= 0.6 is 12.4 Å². The molecule has 2 fully saturated rings. The van der Waals surface area contributed by atoms with Gasteiger partial charge in [0.05, 0.1) is 0 Å². The van der Waals surface area contributed by atoms with Gasteiger partial charge >= 0.3 is 0 Å². The van der Waals surface area contributed by atoms with Gasteiger partial charge < -0.3 is 10.6 Å². The van der Waals surface area contributed by atoms with Gasteiger partial charge in [-0.25, -0.2) is 0 Å². The molecule has 1 amide bonds. The molecule has 3 nitrogen and oxygen atoms in total. The minimum atomic E-state index is 0. The fourth-order valence-corrected chi connectivity index (χ4v) is 4.73. The summed E-state index contributed by atoms with van der Waals surface area (Å²) in [5.74, 6) is 0.589. The Morgan fingerprint density at radius 2 is 2.14 bits per heavy atom. The highest BCUT2D eigenvalue weighted by molar-refractivity contribution is 5.85. The number of nitrogens with zero attached hydrogens (tertiary/aromatic N) is 1. The number of hydrogen-bond donors (Lipinski definition) is 1. The van der Waals surface area contributed by atoms with Crippen molar-refractivity contribution in [2.24, 2.45) is 11.7 Å². The third kappa shape index (κ3) is 2.26.